The lowest BCUT2D eigenvalue weighted by Gasteiger charge is -2.39. The molecule has 0 saturated carbocycles. The van der Waals surface area contributed by atoms with Gasteiger partial charge in [-0.15, -0.1) is 0 Å². The maximum Gasteiger partial charge on any atom is 0.229 e. The van der Waals surface area contributed by atoms with Crippen molar-refractivity contribution in [2.45, 2.75) is 115 Å². The quantitative estimate of drug-likeness (QED) is 0.215. The largest absolute Gasteiger partial charge is 0.462 e. The molecule has 33 heavy (non-hydrogen) atoms. The molecule has 0 radical (unpaired) electrons. The van der Waals surface area contributed by atoms with Crippen molar-refractivity contribution in [2.75, 3.05) is 6.61 Å². The van der Waals surface area contributed by atoms with Crippen LogP contribution in [0.4, 0.5) is 0 Å². The van der Waals surface area contributed by atoms with Crippen LogP contribution in [0, 0.1) is 0 Å². The third kappa shape index (κ3) is 10.1. The smallest absolute Gasteiger partial charge is 0.229 e. The van der Waals surface area contributed by atoms with Gasteiger partial charge in [0.05, 0.1) is 6.61 Å². The monoisotopic (exact) mass is 464 g/mol. The van der Waals surface area contributed by atoms with Crippen LogP contribution in [-0.2, 0) is 11.2 Å². The van der Waals surface area contributed by atoms with Crippen LogP contribution >= 0.6 is 0 Å². The van der Waals surface area contributed by atoms with Crippen molar-refractivity contribution in [2.24, 2.45) is 0 Å². The minimum absolute atomic E-state index is 0.472. The Hall–Kier alpha value is -1.44. The summed E-state index contributed by atoms with van der Waals surface area (Å²) in [6, 6.07) is 7.61. The van der Waals surface area contributed by atoms with Crippen LogP contribution in [0.25, 0.3) is 0 Å². The van der Waals surface area contributed by atoms with Gasteiger partial charge in [-0.2, -0.15) is 0 Å². The summed E-state index contributed by atoms with van der Waals surface area (Å²) in [4.78, 5) is 0. The summed E-state index contributed by atoms with van der Waals surface area (Å²) >= 11 is 0. The Morgan fingerprint density at radius 1 is 0.848 bits per heavy atom. The molecule has 1 fully saturated rings. The number of aliphatic hydroxyl groups excluding tert-OH is 4. The average Bonchev–Trinajstić information content (AvgIpc) is 2.82. The number of ether oxygens (including phenoxy) is 2. The second-order valence-electron chi connectivity index (χ2n) is 9.09. The van der Waals surface area contributed by atoms with E-state index in [1.54, 1.807) is 6.07 Å². The highest BCUT2D eigenvalue weighted by molar-refractivity contribution is 5.28. The van der Waals surface area contributed by atoms with Gasteiger partial charge >= 0.3 is 0 Å². The lowest BCUT2D eigenvalue weighted by molar-refractivity contribution is -0.277. The van der Waals surface area contributed by atoms with E-state index >= 15 is 0 Å². The Bertz CT molecular complexity index is 662. The highest BCUT2D eigenvalue weighted by Crippen LogP contribution is 2.25. The molecule has 1 aromatic carbocycles. The predicted molar refractivity (Wildman–Crippen MR) is 130 cm³/mol. The minimum Gasteiger partial charge on any atom is -0.462 e. The zero-order valence-corrected chi connectivity index (χ0v) is 20.1. The average molecular weight is 465 g/mol. The first-order valence-corrected chi connectivity index (χ1v) is 12.8. The molecule has 6 heteroatoms. The number of benzene rings is 1. The number of rotatable bonds is 16. The molecule has 0 aliphatic carbocycles. The molecule has 1 saturated heterocycles. The molecular formula is C27H44O6. The molecule has 1 heterocycles. The molecular weight excluding hydrogens is 420 g/mol. The SMILES string of the molecule is CCCCCC/C=C\CCCCCCCc1cccc(OC2O[C@H](CO)[C@@H](O)[C@H](O)[C@H]2O)c1. The number of aliphatic hydroxyl groups is 4. The number of hydrogen-bond donors (Lipinski definition) is 4. The van der Waals surface area contributed by atoms with Crippen molar-refractivity contribution in [1.82, 2.24) is 0 Å². The number of unbranched alkanes of at least 4 members (excludes halogenated alkanes) is 9. The zero-order chi connectivity index (χ0) is 23.9. The van der Waals surface area contributed by atoms with Crippen LogP contribution in [0.3, 0.4) is 0 Å². The Balaban J connectivity index is 1.62. The molecule has 1 aromatic rings. The third-order valence-corrected chi connectivity index (χ3v) is 6.23. The summed E-state index contributed by atoms with van der Waals surface area (Å²) in [6.45, 7) is 1.77. The van der Waals surface area contributed by atoms with Gasteiger partial charge < -0.3 is 29.9 Å². The van der Waals surface area contributed by atoms with E-state index < -0.39 is 37.3 Å². The number of aryl methyl sites for hydroxylation is 1. The van der Waals surface area contributed by atoms with Gasteiger partial charge in [0.1, 0.15) is 30.2 Å². The Morgan fingerprint density at radius 2 is 1.52 bits per heavy atom. The molecule has 1 aliphatic rings. The van der Waals surface area contributed by atoms with E-state index in [0.29, 0.717) is 5.75 Å². The first-order chi connectivity index (χ1) is 16.1. The molecule has 0 bridgehead atoms. The van der Waals surface area contributed by atoms with Gasteiger partial charge in [-0.05, 0) is 56.2 Å². The molecule has 0 amide bonds. The molecule has 2 rings (SSSR count). The molecule has 4 N–H and O–H groups in total. The van der Waals surface area contributed by atoms with Crippen molar-refractivity contribution in [3.05, 3.63) is 42.0 Å². The standard InChI is InChI=1S/C27H44O6/c1-2-3-4-5-6-7-8-9-10-11-12-13-14-16-21-17-15-18-22(19-21)32-27-26(31)25(30)24(29)23(20-28)33-27/h7-8,15,17-19,23-31H,2-6,9-14,16,20H2,1H3/b8-7-/t23-,24-,25+,26-,27?/m1/s1. The predicted octanol–water partition coefficient (Wildman–Crippen LogP) is 4.28. The molecule has 1 aliphatic heterocycles. The first kappa shape index (κ1) is 27.8. The lowest BCUT2D eigenvalue weighted by atomic mass is 9.99. The van der Waals surface area contributed by atoms with Gasteiger partial charge in [0, 0.05) is 0 Å². The summed E-state index contributed by atoms with van der Waals surface area (Å²) in [5, 5.41) is 39.2. The van der Waals surface area contributed by atoms with Crippen molar-refractivity contribution in [1.29, 1.82) is 0 Å². The fourth-order valence-electron chi connectivity index (χ4n) is 4.12. The normalized spacial score (nSPS) is 25.5. The first-order valence-electron chi connectivity index (χ1n) is 12.8. The van der Waals surface area contributed by atoms with E-state index in [1.807, 2.05) is 18.2 Å². The minimum atomic E-state index is -1.44. The second kappa shape index (κ2) is 16.2. The molecule has 1 unspecified atom stereocenters. The van der Waals surface area contributed by atoms with Crippen LogP contribution in [-0.4, -0.2) is 57.7 Å². The van der Waals surface area contributed by atoms with E-state index in [9.17, 15) is 20.4 Å². The summed E-state index contributed by atoms with van der Waals surface area (Å²) in [7, 11) is 0. The van der Waals surface area contributed by atoms with E-state index in [0.717, 1.165) is 18.4 Å². The summed E-state index contributed by atoms with van der Waals surface area (Å²) < 4.78 is 11.1. The van der Waals surface area contributed by atoms with E-state index in [1.165, 1.54) is 64.2 Å². The van der Waals surface area contributed by atoms with E-state index in [2.05, 4.69) is 19.1 Å². The van der Waals surface area contributed by atoms with E-state index in [-0.39, 0.29) is 0 Å². The van der Waals surface area contributed by atoms with Crippen LogP contribution in [0.1, 0.15) is 83.1 Å². The fraction of sp³-hybridized carbons (Fsp3) is 0.704. The Labute approximate surface area is 199 Å². The van der Waals surface area contributed by atoms with E-state index in [4.69, 9.17) is 9.47 Å². The van der Waals surface area contributed by atoms with Gasteiger partial charge in [-0.3, -0.25) is 0 Å². The summed E-state index contributed by atoms with van der Waals surface area (Å²) in [5.74, 6) is 0.526. The maximum atomic E-state index is 10.1. The highest BCUT2D eigenvalue weighted by Gasteiger charge is 2.44. The van der Waals surface area contributed by atoms with Crippen molar-refractivity contribution in [3.63, 3.8) is 0 Å². The second-order valence-corrected chi connectivity index (χ2v) is 9.09. The third-order valence-electron chi connectivity index (χ3n) is 6.23. The number of allylic oxidation sites excluding steroid dienone is 2. The van der Waals surface area contributed by atoms with Crippen LogP contribution < -0.4 is 4.74 Å². The zero-order valence-electron chi connectivity index (χ0n) is 20.1. The van der Waals surface area contributed by atoms with Gasteiger partial charge in [-0.1, -0.05) is 69.7 Å². The van der Waals surface area contributed by atoms with Gasteiger partial charge in [0.25, 0.3) is 0 Å². The maximum absolute atomic E-state index is 10.1. The Kier molecular flexibility index (Phi) is 13.7. The fourth-order valence-corrected chi connectivity index (χ4v) is 4.12. The molecule has 188 valence electrons. The number of hydrogen-bond acceptors (Lipinski definition) is 6. The Morgan fingerprint density at radius 3 is 2.21 bits per heavy atom. The van der Waals surface area contributed by atoms with Crippen molar-refractivity contribution >= 4 is 0 Å². The summed E-state index contributed by atoms with van der Waals surface area (Å²) in [5.41, 5.74) is 1.14. The topological polar surface area (TPSA) is 99.4 Å². The summed E-state index contributed by atoms with van der Waals surface area (Å²) in [6.07, 6.45) is 13.1. The van der Waals surface area contributed by atoms with Crippen molar-refractivity contribution < 1.29 is 29.9 Å². The lowest BCUT2D eigenvalue weighted by Crippen LogP contribution is -2.60. The molecule has 5 atom stereocenters. The highest BCUT2D eigenvalue weighted by atomic mass is 16.7. The van der Waals surface area contributed by atoms with Gasteiger partial charge in [-0.25, -0.2) is 0 Å². The van der Waals surface area contributed by atoms with Gasteiger partial charge in [0.2, 0.25) is 6.29 Å². The molecule has 0 aromatic heterocycles. The van der Waals surface area contributed by atoms with Gasteiger partial charge in [0.15, 0.2) is 0 Å². The molecule has 6 nitrogen and oxygen atoms in total. The molecule has 0 spiro atoms. The van der Waals surface area contributed by atoms with Crippen LogP contribution in [0.5, 0.6) is 5.75 Å². The van der Waals surface area contributed by atoms with Crippen molar-refractivity contribution in [3.8, 4) is 5.75 Å². The van der Waals surface area contributed by atoms with Crippen LogP contribution in [0.15, 0.2) is 36.4 Å². The van der Waals surface area contributed by atoms with Crippen LogP contribution in [0.2, 0.25) is 0 Å².